The van der Waals surface area contributed by atoms with Gasteiger partial charge in [-0.2, -0.15) is 0 Å². The monoisotopic (exact) mass is 240 g/mol. The number of halogens is 1. The van der Waals surface area contributed by atoms with Crippen molar-refractivity contribution in [3.8, 4) is 5.75 Å². The number of carbonyl (C=O) groups excluding carboxylic acids is 1. The molecule has 0 bridgehead atoms. The molecule has 1 aromatic carbocycles. The van der Waals surface area contributed by atoms with Crippen LogP contribution in [-0.2, 0) is 15.0 Å². The van der Waals surface area contributed by atoms with Gasteiger partial charge >= 0.3 is 5.97 Å². The molecule has 0 radical (unpaired) electrons. The third kappa shape index (κ3) is 1.46. The highest BCUT2D eigenvalue weighted by atomic mass is 35.5. The van der Waals surface area contributed by atoms with Gasteiger partial charge in [-0.25, -0.2) is 0 Å². The van der Waals surface area contributed by atoms with Crippen molar-refractivity contribution in [1.29, 1.82) is 0 Å². The molecule has 5 heteroatoms. The van der Waals surface area contributed by atoms with Gasteiger partial charge in [-0.05, 0) is 18.2 Å². The van der Waals surface area contributed by atoms with E-state index in [2.05, 4.69) is 0 Å². The fourth-order valence-corrected chi connectivity index (χ4v) is 2.14. The Morgan fingerprint density at radius 1 is 1.38 bits per heavy atom. The lowest BCUT2D eigenvalue weighted by Crippen LogP contribution is -2.48. The fraction of sp³-hybridized carbons (Fsp3) is 0.273. The van der Waals surface area contributed by atoms with Crippen molar-refractivity contribution in [1.82, 2.24) is 0 Å². The molecule has 1 saturated carbocycles. The summed E-state index contributed by atoms with van der Waals surface area (Å²) in [7, 11) is 0. The summed E-state index contributed by atoms with van der Waals surface area (Å²) >= 11 is 5.76. The Labute approximate surface area is 96.5 Å². The average Bonchev–Trinajstić information content (AvgIpc) is 2.16. The Hall–Kier alpha value is -1.55. The van der Waals surface area contributed by atoms with E-state index in [0.29, 0.717) is 5.02 Å². The highest BCUT2D eigenvalue weighted by Gasteiger charge is 2.52. The normalized spacial score (nSPS) is 17.9. The molecule has 0 amide bonds. The summed E-state index contributed by atoms with van der Waals surface area (Å²) < 4.78 is 0. The number of carboxylic acid groups (broad SMARTS) is 1. The van der Waals surface area contributed by atoms with Crippen molar-refractivity contribution in [3.05, 3.63) is 28.8 Å². The number of hydrogen-bond donors (Lipinski definition) is 2. The Bertz CT molecular complexity index is 473. The van der Waals surface area contributed by atoms with Crippen LogP contribution in [0.15, 0.2) is 18.2 Å². The Morgan fingerprint density at radius 2 is 2.00 bits per heavy atom. The van der Waals surface area contributed by atoms with Gasteiger partial charge in [0.2, 0.25) is 0 Å². The predicted octanol–water partition coefficient (Wildman–Crippen LogP) is 1.73. The average molecular weight is 241 g/mol. The van der Waals surface area contributed by atoms with Crippen molar-refractivity contribution in [2.75, 3.05) is 0 Å². The number of Topliss-reactive ketones (excluding diaryl/α,β-unsaturated/α-hetero) is 1. The summed E-state index contributed by atoms with van der Waals surface area (Å²) in [5.41, 5.74) is -1.08. The highest BCUT2D eigenvalue weighted by molar-refractivity contribution is 6.30. The summed E-state index contributed by atoms with van der Waals surface area (Å²) in [4.78, 5) is 22.2. The number of hydrogen-bond acceptors (Lipinski definition) is 3. The molecule has 16 heavy (non-hydrogen) atoms. The minimum Gasteiger partial charge on any atom is -0.508 e. The zero-order chi connectivity index (χ0) is 11.9. The fourth-order valence-electron chi connectivity index (χ4n) is 1.97. The van der Waals surface area contributed by atoms with E-state index in [-0.39, 0.29) is 29.9 Å². The summed E-state index contributed by atoms with van der Waals surface area (Å²) in [6.07, 6.45) is -0.174. The quantitative estimate of drug-likeness (QED) is 0.826. The molecular formula is C11H9ClO4. The largest absolute Gasteiger partial charge is 0.508 e. The molecule has 4 nitrogen and oxygen atoms in total. The number of rotatable bonds is 2. The van der Waals surface area contributed by atoms with Crippen LogP contribution in [0.25, 0.3) is 0 Å². The molecular weight excluding hydrogens is 232 g/mol. The van der Waals surface area contributed by atoms with Gasteiger partial charge in [0.15, 0.2) is 0 Å². The molecule has 1 aliphatic carbocycles. The Morgan fingerprint density at radius 3 is 2.50 bits per heavy atom. The first kappa shape index (κ1) is 11.0. The molecule has 1 aliphatic rings. The maximum absolute atomic E-state index is 11.2. The van der Waals surface area contributed by atoms with E-state index >= 15 is 0 Å². The second-order valence-electron chi connectivity index (χ2n) is 3.94. The van der Waals surface area contributed by atoms with Gasteiger partial charge in [-0.1, -0.05) is 11.6 Å². The molecule has 0 heterocycles. The number of aliphatic carboxylic acids is 1. The number of carboxylic acids is 1. The lowest BCUT2D eigenvalue weighted by atomic mass is 9.63. The summed E-state index contributed by atoms with van der Waals surface area (Å²) in [6, 6.07) is 4.21. The molecule has 1 fully saturated rings. The SMILES string of the molecule is O=C1CC(C(=O)O)(c2cc(Cl)ccc2O)C1. The van der Waals surface area contributed by atoms with Crippen LogP contribution in [0.1, 0.15) is 18.4 Å². The highest BCUT2D eigenvalue weighted by Crippen LogP contribution is 2.45. The molecule has 0 aliphatic heterocycles. The van der Waals surface area contributed by atoms with Crippen LogP contribution in [0.4, 0.5) is 0 Å². The molecule has 2 N–H and O–H groups in total. The van der Waals surface area contributed by atoms with Crippen molar-refractivity contribution in [3.63, 3.8) is 0 Å². The second kappa shape index (κ2) is 3.49. The van der Waals surface area contributed by atoms with E-state index in [1.54, 1.807) is 0 Å². The first-order valence-electron chi connectivity index (χ1n) is 4.70. The van der Waals surface area contributed by atoms with E-state index in [1.807, 2.05) is 0 Å². The van der Waals surface area contributed by atoms with Crippen molar-refractivity contribution >= 4 is 23.4 Å². The lowest BCUT2D eigenvalue weighted by molar-refractivity contribution is -0.153. The van der Waals surface area contributed by atoms with Crippen LogP contribution in [0.2, 0.25) is 5.02 Å². The van der Waals surface area contributed by atoms with Crippen LogP contribution in [0, 0.1) is 0 Å². The van der Waals surface area contributed by atoms with Gasteiger partial charge < -0.3 is 10.2 Å². The standard InChI is InChI=1S/C11H9ClO4/c12-6-1-2-9(14)8(3-6)11(10(15)16)4-7(13)5-11/h1-3,14H,4-5H2,(H,15,16). The van der Waals surface area contributed by atoms with Crippen molar-refractivity contribution in [2.45, 2.75) is 18.3 Å². The third-order valence-corrected chi connectivity index (χ3v) is 3.12. The minimum absolute atomic E-state index is 0.0871. The number of carbonyl (C=O) groups is 2. The molecule has 84 valence electrons. The smallest absolute Gasteiger partial charge is 0.315 e. The predicted molar refractivity (Wildman–Crippen MR) is 56.7 cm³/mol. The number of benzene rings is 1. The van der Waals surface area contributed by atoms with E-state index in [4.69, 9.17) is 16.7 Å². The van der Waals surface area contributed by atoms with Crippen LogP contribution in [0.3, 0.4) is 0 Å². The van der Waals surface area contributed by atoms with Crippen LogP contribution in [-0.4, -0.2) is 22.0 Å². The maximum Gasteiger partial charge on any atom is 0.315 e. The van der Waals surface area contributed by atoms with Crippen molar-refractivity contribution < 1.29 is 19.8 Å². The Kier molecular flexibility index (Phi) is 2.39. The molecule has 0 atom stereocenters. The number of phenolic OH excluding ortho intramolecular Hbond substituents is 1. The molecule has 0 spiro atoms. The first-order valence-corrected chi connectivity index (χ1v) is 5.07. The van der Waals surface area contributed by atoms with Gasteiger partial charge in [0, 0.05) is 23.4 Å². The molecule has 0 unspecified atom stereocenters. The Balaban J connectivity index is 2.52. The van der Waals surface area contributed by atoms with E-state index in [9.17, 15) is 14.7 Å². The van der Waals surface area contributed by atoms with E-state index in [0.717, 1.165) is 0 Å². The zero-order valence-electron chi connectivity index (χ0n) is 8.24. The van der Waals surface area contributed by atoms with Gasteiger partial charge in [-0.15, -0.1) is 0 Å². The zero-order valence-corrected chi connectivity index (χ0v) is 8.99. The number of phenols is 1. The summed E-state index contributed by atoms with van der Waals surface area (Å²) in [5.74, 6) is -1.37. The molecule has 1 aromatic rings. The van der Waals surface area contributed by atoms with Gasteiger partial charge in [0.05, 0.1) is 0 Å². The number of ketones is 1. The second-order valence-corrected chi connectivity index (χ2v) is 4.38. The first-order chi connectivity index (χ1) is 7.45. The topological polar surface area (TPSA) is 74.6 Å². The minimum atomic E-state index is -1.30. The van der Waals surface area contributed by atoms with Crippen LogP contribution < -0.4 is 0 Å². The van der Waals surface area contributed by atoms with E-state index in [1.165, 1.54) is 18.2 Å². The van der Waals surface area contributed by atoms with Crippen LogP contribution >= 0.6 is 11.6 Å². The van der Waals surface area contributed by atoms with Gasteiger partial charge in [-0.3, -0.25) is 9.59 Å². The third-order valence-electron chi connectivity index (χ3n) is 2.88. The molecule has 2 rings (SSSR count). The van der Waals surface area contributed by atoms with Gasteiger partial charge in [0.1, 0.15) is 16.9 Å². The van der Waals surface area contributed by atoms with Crippen LogP contribution in [0.5, 0.6) is 5.75 Å². The van der Waals surface area contributed by atoms with Gasteiger partial charge in [0.25, 0.3) is 0 Å². The molecule has 0 saturated heterocycles. The molecule has 0 aromatic heterocycles. The van der Waals surface area contributed by atoms with E-state index < -0.39 is 11.4 Å². The summed E-state index contributed by atoms with van der Waals surface area (Å²) in [6.45, 7) is 0. The lowest BCUT2D eigenvalue weighted by Gasteiger charge is -2.36. The summed E-state index contributed by atoms with van der Waals surface area (Å²) in [5, 5.41) is 19.1. The maximum atomic E-state index is 11.2. The van der Waals surface area contributed by atoms with Crippen molar-refractivity contribution in [2.24, 2.45) is 0 Å². The number of aromatic hydroxyl groups is 1.